The van der Waals surface area contributed by atoms with E-state index in [1.807, 2.05) is 6.07 Å². The number of carboxylic acids is 1. The van der Waals surface area contributed by atoms with E-state index in [0.717, 1.165) is 55.7 Å². The molecule has 60 heavy (non-hydrogen) atoms. The second-order valence-corrected chi connectivity index (χ2v) is 15.0. The van der Waals surface area contributed by atoms with Crippen LogP contribution in [0.5, 0.6) is 0 Å². The summed E-state index contributed by atoms with van der Waals surface area (Å²) in [5.41, 5.74) is 0.585. The van der Waals surface area contributed by atoms with E-state index < -0.39 is 35.2 Å². The Balaban J connectivity index is 0.000000295. The molecule has 0 heterocycles. The molecule has 3 aromatic carbocycles. The third-order valence-electron chi connectivity index (χ3n) is 10.5. The van der Waals surface area contributed by atoms with Crippen molar-refractivity contribution in [2.45, 2.75) is 122 Å². The predicted molar refractivity (Wildman–Crippen MR) is 211 cm³/mol. The van der Waals surface area contributed by atoms with Crippen LogP contribution < -0.4 is 0 Å². The molecule has 0 aliphatic heterocycles. The average molecular weight is 843 g/mol. The van der Waals surface area contributed by atoms with Gasteiger partial charge in [0.15, 0.2) is 23.1 Å². The lowest BCUT2D eigenvalue weighted by molar-refractivity contribution is -0.143. The second kappa shape index (κ2) is 21.7. The lowest BCUT2D eigenvalue weighted by atomic mass is 9.84. The van der Waals surface area contributed by atoms with E-state index in [9.17, 15) is 55.1 Å². The monoisotopic (exact) mass is 842 g/mol. The number of halogens is 6. The summed E-state index contributed by atoms with van der Waals surface area (Å²) >= 11 is 0. The van der Waals surface area contributed by atoms with Gasteiger partial charge in [0.05, 0.1) is 18.2 Å². The summed E-state index contributed by atoms with van der Waals surface area (Å²) in [5.74, 6) is -1.35. The first kappa shape index (κ1) is 47.3. The molecule has 0 aromatic heterocycles. The highest BCUT2D eigenvalue weighted by Crippen LogP contribution is 2.37. The normalized spacial score (nSPS) is 14.5. The largest absolute Gasteiger partial charge is 0.481 e. The van der Waals surface area contributed by atoms with Crippen molar-refractivity contribution >= 4 is 41.1 Å². The van der Waals surface area contributed by atoms with E-state index >= 15 is 0 Å². The number of ether oxygens (including phenoxy) is 1. The van der Waals surface area contributed by atoms with Gasteiger partial charge >= 0.3 is 24.3 Å². The van der Waals surface area contributed by atoms with Gasteiger partial charge in [0, 0.05) is 59.9 Å². The molecule has 3 aromatic rings. The number of allylic oxidation sites excluding steroid dienone is 1. The molecule has 5 rings (SSSR count). The summed E-state index contributed by atoms with van der Waals surface area (Å²) in [6, 6.07) is 11.2. The van der Waals surface area contributed by atoms with Crippen molar-refractivity contribution in [2.75, 3.05) is 7.11 Å². The summed E-state index contributed by atoms with van der Waals surface area (Å²) in [4.78, 5) is 71.0. The maximum absolute atomic E-state index is 13.1. The van der Waals surface area contributed by atoms with Gasteiger partial charge in [-0.2, -0.15) is 26.3 Å². The molecule has 2 aliphatic rings. The van der Waals surface area contributed by atoms with Crippen LogP contribution in [0.15, 0.2) is 60.2 Å². The zero-order valence-corrected chi connectivity index (χ0v) is 33.4. The zero-order valence-electron chi connectivity index (χ0n) is 33.4. The fraction of sp³-hybridized carbons (Fsp3) is 0.435. The Morgan fingerprint density at radius 1 is 0.617 bits per heavy atom. The second-order valence-electron chi connectivity index (χ2n) is 15.0. The molecular weight excluding hydrogens is 794 g/mol. The lowest BCUT2D eigenvalue weighted by Gasteiger charge is -2.19. The SMILES string of the molecule is COC(=O)CCCCCCC(=O)c1ccc2c(c1)CCCC2=O.O=C(O)CCCCCCC(=O)c1ccc2c(c1)CC/C(=C\c1cc(C(F)(F)F)cc(C(F)(F)F)c1)C2=O. The van der Waals surface area contributed by atoms with Gasteiger partial charge in [0.1, 0.15) is 0 Å². The third-order valence-corrected chi connectivity index (χ3v) is 10.5. The van der Waals surface area contributed by atoms with Crippen LogP contribution in [-0.4, -0.2) is 47.3 Å². The molecule has 8 nitrogen and oxygen atoms in total. The number of benzene rings is 3. The zero-order chi connectivity index (χ0) is 44.0. The number of carbonyl (C=O) groups excluding carboxylic acids is 5. The van der Waals surface area contributed by atoms with Crippen molar-refractivity contribution in [1.82, 2.24) is 0 Å². The van der Waals surface area contributed by atoms with Crippen LogP contribution in [0.2, 0.25) is 0 Å². The van der Waals surface area contributed by atoms with Crippen molar-refractivity contribution in [3.63, 3.8) is 0 Å². The molecule has 14 heteroatoms. The number of aryl methyl sites for hydroxylation is 2. The first-order valence-corrected chi connectivity index (χ1v) is 20.1. The molecule has 0 fully saturated rings. The molecule has 0 amide bonds. The molecule has 1 N–H and O–H groups in total. The van der Waals surface area contributed by atoms with Gasteiger partial charge in [-0.15, -0.1) is 0 Å². The number of carboxylic acid groups (broad SMARTS) is 1. The van der Waals surface area contributed by atoms with E-state index in [2.05, 4.69) is 4.74 Å². The molecule has 322 valence electrons. The number of rotatable bonds is 17. The van der Waals surface area contributed by atoms with Crippen LogP contribution in [-0.2, 0) is 39.5 Å². The van der Waals surface area contributed by atoms with Crippen LogP contribution >= 0.6 is 0 Å². The fourth-order valence-corrected chi connectivity index (χ4v) is 7.19. The van der Waals surface area contributed by atoms with Gasteiger partial charge in [0.25, 0.3) is 0 Å². The van der Waals surface area contributed by atoms with Crippen molar-refractivity contribution < 1.29 is 65.0 Å². The number of Topliss-reactive ketones (excluding diaryl/α,β-unsaturated/α-hetero) is 4. The molecule has 0 saturated carbocycles. The maximum Gasteiger partial charge on any atom is 0.416 e. The number of ketones is 4. The Hall–Kier alpha value is -5.40. The number of hydrogen-bond acceptors (Lipinski definition) is 7. The summed E-state index contributed by atoms with van der Waals surface area (Å²) < 4.78 is 83.5. The number of alkyl halides is 6. The number of methoxy groups -OCH3 is 1. The minimum atomic E-state index is -4.99. The van der Waals surface area contributed by atoms with Gasteiger partial charge in [-0.05, 0) is 104 Å². The number of unbranched alkanes of at least 4 members (excludes halogenated alkanes) is 6. The quantitative estimate of drug-likeness (QED) is 0.0467. The van der Waals surface area contributed by atoms with Gasteiger partial charge in [-0.1, -0.05) is 49.9 Å². The molecule has 0 saturated heterocycles. The first-order valence-electron chi connectivity index (χ1n) is 20.1. The summed E-state index contributed by atoms with van der Waals surface area (Å²) in [6.45, 7) is 0. The third kappa shape index (κ3) is 14.1. The molecule has 0 atom stereocenters. The van der Waals surface area contributed by atoms with Crippen LogP contribution in [0, 0.1) is 0 Å². The Labute approximate surface area is 344 Å². The topological polar surface area (TPSA) is 132 Å². The molecule has 0 unspecified atom stereocenters. The van der Waals surface area contributed by atoms with Crippen LogP contribution in [0.1, 0.15) is 166 Å². The van der Waals surface area contributed by atoms with Crippen LogP contribution in [0.4, 0.5) is 26.3 Å². The number of hydrogen-bond donors (Lipinski definition) is 1. The van der Waals surface area contributed by atoms with Crippen LogP contribution in [0.25, 0.3) is 6.08 Å². The standard InChI is InChI=1S/C27H24F6O4.C19H24O4/c28-26(29,30)20-12-16(13-21(15-20)27(31,32)33)11-19-8-7-17-14-18(9-10-22(17)25(19)37)23(34)5-3-1-2-4-6-24(35)36;1-23-19(22)10-5-3-2-4-8-17(20)15-11-12-16-14(13-15)7-6-9-18(16)21/h9-15H,1-8H2,(H,35,36);11-13H,2-10H2,1H3/b19-11+;. The fourth-order valence-electron chi connectivity index (χ4n) is 7.19. The van der Waals surface area contributed by atoms with E-state index in [1.165, 1.54) is 19.2 Å². The smallest absolute Gasteiger partial charge is 0.416 e. The van der Waals surface area contributed by atoms with Gasteiger partial charge in [0.2, 0.25) is 0 Å². The Bertz CT molecular complexity index is 2060. The van der Waals surface area contributed by atoms with E-state index in [1.54, 1.807) is 18.2 Å². The van der Waals surface area contributed by atoms with Gasteiger partial charge in [-0.25, -0.2) is 0 Å². The maximum atomic E-state index is 13.1. The average Bonchev–Trinajstić information content (AvgIpc) is 3.20. The summed E-state index contributed by atoms with van der Waals surface area (Å²) in [6.07, 6.45) is 1.23. The minimum Gasteiger partial charge on any atom is -0.481 e. The van der Waals surface area contributed by atoms with Crippen LogP contribution in [0.3, 0.4) is 0 Å². The van der Waals surface area contributed by atoms with E-state index in [4.69, 9.17) is 5.11 Å². The van der Waals surface area contributed by atoms with Crippen molar-refractivity contribution in [1.29, 1.82) is 0 Å². The Morgan fingerprint density at radius 2 is 1.12 bits per heavy atom. The molecular formula is C46H48F6O8. The van der Waals surface area contributed by atoms with E-state index in [-0.39, 0.29) is 65.3 Å². The number of aliphatic carboxylic acids is 1. The highest BCUT2D eigenvalue weighted by molar-refractivity contribution is 6.13. The minimum absolute atomic E-state index is 0.0363. The van der Waals surface area contributed by atoms with Crippen molar-refractivity contribution in [3.8, 4) is 0 Å². The van der Waals surface area contributed by atoms with E-state index in [0.29, 0.717) is 80.2 Å². The predicted octanol–water partition coefficient (Wildman–Crippen LogP) is 11.4. The van der Waals surface area contributed by atoms with Crippen molar-refractivity contribution in [2.24, 2.45) is 0 Å². The molecule has 0 radical (unpaired) electrons. The Kier molecular flexibility index (Phi) is 17.1. The summed E-state index contributed by atoms with van der Waals surface area (Å²) in [5, 5.41) is 8.63. The molecule has 0 spiro atoms. The first-order chi connectivity index (χ1) is 28.4. The van der Waals surface area contributed by atoms with Crippen molar-refractivity contribution in [3.05, 3.63) is 110 Å². The number of esters is 1. The lowest BCUT2D eigenvalue weighted by Crippen LogP contribution is -2.15. The number of fused-ring (bicyclic) bond motifs is 2. The summed E-state index contributed by atoms with van der Waals surface area (Å²) in [7, 11) is 1.40. The molecule has 2 aliphatic carbocycles. The highest BCUT2D eigenvalue weighted by Gasteiger charge is 2.37. The highest BCUT2D eigenvalue weighted by atomic mass is 19.4. The Morgan fingerprint density at radius 3 is 1.63 bits per heavy atom. The van der Waals surface area contributed by atoms with Gasteiger partial charge < -0.3 is 9.84 Å². The molecule has 0 bridgehead atoms. The number of carbonyl (C=O) groups is 6. The van der Waals surface area contributed by atoms with Gasteiger partial charge in [-0.3, -0.25) is 28.8 Å².